The summed E-state index contributed by atoms with van der Waals surface area (Å²) < 4.78 is 4.66. The largest absolute Gasteiger partial charge is 2.00 e. The molecule has 0 spiro atoms. The Balaban J connectivity index is 0.00000225. The summed E-state index contributed by atoms with van der Waals surface area (Å²) in [5, 5.41) is 8.62. The van der Waals surface area contributed by atoms with Gasteiger partial charge in [-0.3, -0.25) is 9.97 Å². The second kappa shape index (κ2) is 8.39. The van der Waals surface area contributed by atoms with Crippen LogP contribution in [-0.4, -0.2) is 29.5 Å². The van der Waals surface area contributed by atoms with Gasteiger partial charge in [0.15, 0.2) is 0 Å². The molecule has 4 aromatic heterocycles. The van der Waals surface area contributed by atoms with Crippen LogP contribution in [0, 0.1) is 12.4 Å². The van der Waals surface area contributed by atoms with Gasteiger partial charge in [0.2, 0.25) is 0 Å². The molecule has 144 valence electrons. The molecule has 0 saturated carbocycles. The van der Waals surface area contributed by atoms with Crippen molar-refractivity contribution in [1.82, 2.24) is 29.5 Å². The van der Waals surface area contributed by atoms with E-state index < -0.39 is 5.41 Å². The molecule has 9 heteroatoms. The molecule has 0 N–H and O–H groups in total. The maximum atomic E-state index is 4.78. The van der Waals surface area contributed by atoms with Crippen molar-refractivity contribution in [1.29, 1.82) is 0 Å². The van der Waals surface area contributed by atoms with Gasteiger partial charge in [0, 0.05) is 26.0 Å². The Labute approximate surface area is 193 Å². The number of aromatic nitrogens is 6. The summed E-state index contributed by atoms with van der Waals surface area (Å²) in [6.45, 7) is 4.19. The summed E-state index contributed by atoms with van der Waals surface area (Å²) in [5.74, 6) is 1.40. The zero-order chi connectivity index (χ0) is 19.0. The van der Waals surface area contributed by atoms with Gasteiger partial charge in [-0.2, -0.15) is 0 Å². The van der Waals surface area contributed by atoms with E-state index in [2.05, 4.69) is 68.3 Å². The van der Waals surface area contributed by atoms with E-state index in [0.29, 0.717) is 20.8 Å². The van der Waals surface area contributed by atoms with E-state index in [0.717, 1.165) is 11.4 Å². The average molecular weight is 681 g/mol. The summed E-state index contributed by atoms with van der Waals surface area (Å²) >= 11 is 6.68. The van der Waals surface area contributed by atoms with Crippen molar-refractivity contribution in [2.75, 3.05) is 0 Å². The molecule has 4 aromatic rings. The Morgan fingerprint density at radius 3 is 1.57 bits per heavy atom. The third kappa shape index (κ3) is 4.19. The van der Waals surface area contributed by atoms with Gasteiger partial charge in [0.25, 0.3) is 0 Å². The Morgan fingerprint density at radius 2 is 1.21 bits per heavy atom. The molecule has 28 heavy (non-hydrogen) atoms. The van der Waals surface area contributed by atoms with E-state index in [4.69, 9.17) is 9.97 Å². The van der Waals surface area contributed by atoms with Crippen LogP contribution >= 0.6 is 31.9 Å². The van der Waals surface area contributed by atoms with Crippen LogP contribution in [0.1, 0.15) is 25.2 Å². The maximum Gasteiger partial charge on any atom is 2.00 e. The van der Waals surface area contributed by atoms with Gasteiger partial charge in [0.05, 0.1) is 11.6 Å². The molecule has 0 aliphatic heterocycles. The van der Waals surface area contributed by atoms with Crippen molar-refractivity contribution in [3.05, 3.63) is 81.5 Å². The van der Waals surface area contributed by atoms with Gasteiger partial charge >= 0.3 is 21.1 Å². The number of hydrogen-bond donors (Lipinski definition) is 0. The second-order valence-corrected chi connectivity index (χ2v) is 8.03. The van der Waals surface area contributed by atoms with E-state index in [1.54, 1.807) is 21.5 Å². The molecule has 0 atom stereocenters. The molecule has 0 radical (unpaired) electrons. The number of nitrogens with zero attached hydrogens (tertiary/aromatic N) is 6. The Kier molecular flexibility index (Phi) is 6.32. The monoisotopic (exact) mass is 679 g/mol. The molecule has 0 aliphatic rings. The van der Waals surface area contributed by atoms with E-state index in [-0.39, 0.29) is 21.1 Å². The third-order valence-electron chi connectivity index (χ3n) is 4.19. The minimum absolute atomic E-state index is 0. The molecule has 6 nitrogen and oxygen atoms in total. The van der Waals surface area contributed by atoms with E-state index in [9.17, 15) is 0 Å². The van der Waals surface area contributed by atoms with Crippen LogP contribution in [0.4, 0.5) is 0 Å². The molecular weight excluding hydrogens is 667 g/mol. The molecule has 0 amide bonds. The van der Waals surface area contributed by atoms with Crippen molar-refractivity contribution in [2.24, 2.45) is 0 Å². The first-order valence-corrected chi connectivity index (χ1v) is 9.74. The predicted molar refractivity (Wildman–Crippen MR) is 108 cm³/mol. The first-order valence-electron chi connectivity index (χ1n) is 8.16. The van der Waals surface area contributed by atoms with E-state index >= 15 is 0 Å². The van der Waals surface area contributed by atoms with Crippen LogP contribution < -0.4 is 0 Å². The average Bonchev–Trinajstić information content (AvgIpc) is 3.30. The van der Waals surface area contributed by atoms with Gasteiger partial charge in [-0.25, -0.2) is 10.2 Å². The molecule has 4 heterocycles. The van der Waals surface area contributed by atoms with Crippen LogP contribution in [0.25, 0.3) is 11.6 Å². The number of hydrogen-bond acceptors (Lipinski definition) is 4. The summed E-state index contributed by atoms with van der Waals surface area (Å²) in [6, 6.07) is 15.2. The van der Waals surface area contributed by atoms with Crippen molar-refractivity contribution in [3.63, 3.8) is 0 Å². The maximum absolute atomic E-state index is 4.78. The molecular formula is C19H14Br2N6Pt. The van der Waals surface area contributed by atoms with Crippen LogP contribution in [0.5, 0.6) is 0 Å². The topological polar surface area (TPSA) is 61.4 Å². The van der Waals surface area contributed by atoms with Gasteiger partial charge in [-0.05, 0) is 26.0 Å². The van der Waals surface area contributed by atoms with Crippen molar-refractivity contribution >= 4 is 31.9 Å². The van der Waals surface area contributed by atoms with Crippen LogP contribution in [0.3, 0.4) is 0 Å². The number of pyridine rings is 2. The fraction of sp³-hybridized carbons (Fsp3) is 0.158. The SMILES string of the molecule is CC(C)(c1cccc(-n2[c-]cc(Br)n2)n1)c1cccc(-n2[c-]cc(Br)n2)n1.[Pt+2]. The van der Waals surface area contributed by atoms with E-state index in [1.807, 2.05) is 36.4 Å². The molecule has 0 bridgehead atoms. The van der Waals surface area contributed by atoms with Gasteiger partial charge in [-0.1, -0.05) is 36.7 Å². The van der Waals surface area contributed by atoms with Gasteiger partial charge in [-0.15, -0.1) is 44.0 Å². The fourth-order valence-electron chi connectivity index (χ4n) is 2.68. The zero-order valence-corrected chi connectivity index (χ0v) is 20.3. The third-order valence-corrected chi connectivity index (χ3v) is 4.96. The number of rotatable bonds is 4. The number of halogens is 2. The van der Waals surface area contributed by atoms with Crippen molar-refractivity contribution in [3.8, 4) is 11.6 Å². The van der Waals surface area contributed by atoms with Gasteiger partial charge < -0.3 is 9.36 Å². The van der Waals surface area contributed by atoms with Crippen LogP contribution in [0.15, 0.2) is 57.7 Å². The van der Waals surface area contributed by atoms with Crippen LogP contribution in [0.2, 0.25) is 0 Å². The summed E-state index contributed by atoms with van der Waals surface area (Å²) in [5.41, 5.74) is 1.35. The quantitative estimate of drug-likeness (QED) is 0.302. The first kappa shape index (κ1) is 21.1. The van der Waals surface area contributed by atoms with Crippen LogP contribution in [-0.2, 0) is 26.5 Å². The molecule has 0 aliphatic carbocycles. The Hall–Kier alpha value is -1.63. The summed E-state index contributed by atoms with van der Waals surface area (Å²) in [4.78, 5) is 9.56. The second-order valence-electron chi connectivity index (χ2n) is 6.40. The van der Waals surface area contributed by atoms with Crippen molar-refractivity contribution in [2.45, 2.75) is 19.3 Å². The smallest absolute Gasteiger partial charge is 0.343 e. The van der Waals surface area contributed by atoms with Crippen molar-refractivity contribution < 1.29 is 21.1 Å². The minimum Gasteiger partial charge on any atom is -0.343 e. The Morgan fingerprint density at radius 1 is 0.786 bits per heavy atom. The predicted octanol–water partition coefficient (Wildman–Crippen LogP) is 4.30. The minimum atomic E-state index is -0.416. The zero-order valence-electron chi connectivity index (χ0n) is 14.9. The van der Waals surface area contributed by atoms with Gasteiger partial charge in [0.1, 0.15) is 0 Å². The summed E-state index contributed by atoms with van der Waals surface area (Å²) in [7, 11) is 0. The molecule has 0 unspecified atom stereocenters. The molecule has 0 aromatic carbocycles. The Bertz CT molecular complexity index is 1020. The first-order chi connectivity index (χ1) is 12.9. The molecule has 4 rings (SSSR count). The standard InChI is InChI=1S/C19H14Br2N6.Pt/c1-19(2,13-5-3-7-17(22-13)26-11-9-15(20)24-26)14-6-4-8-18(23-14)27-12-10-16(21)25-27;/h3-10H,1-2H3;/q-2;+2. The summed E-state index contributed by atoms with van der Waals surface area (Å²) in [6.07, 6.45) is 6.07. The molecule has 0 saturated heterocycles. The fourth-order valence-corrected chi connectivity index (χ4v) is 3.20. The normalized spacial score (nSPS) is 11.3. The molecule has 0 fully saturated rings. The van der Waals surface area contributed by atoms with E-state index in [1.165, 1.54) is 0 Å².